The van der Waals surface area contributed by atoms with Crippen LogP contribution in [0.3, 0.4) is 0 Å². The minimum atomic E-state index is -0.880. The molecule has 4 nitrogen and oxygen atoms in total. The van der Waals surface area contributed by atoms with Crippen LogP contribution in [0.1, 0.15) is 128 Å². The topological polar surface area (TPSA) is 36.9 Å². The second-order valence-corrected chi connectivity index (χ2v) is 12.1. The molecule has 0 aromatic carbocycles. The Bertz CT molecular complexity index is 395. The molecule has 4 heteroatoms. The Morgan fingerprint density at radius 1 is 0.500 bits per heavy atom. The lowest BCUT2D eigenvalue weighted by Crippen LogP contribution is -2.43. The average Bonchev–Trinajstić information content (AvgIpc) is 2.44. The van der Waals surface area contributed by atoms with Crippen molar-refractivity contribution in [1.29, 1.82) is 0 Å². The van der Waals surface area contributed by atoms with Crippen LogP contribution in [0.15, 0.2) is 0 Å². The van der Waals surface area contributed by atoms with E-state index in [0.29, 0.717) is 0 Å². The van der Waals surface area contributed by atoms with Crippen molar-refractivity contribution in [2.24, 2.45) is 10.8 Å². The van der Waals surface area contributed by atoms with Crippen molar-refractivity contribution in [2.75, 3.05) is 0 Å². The van der Waals surface area contributed by atoms with Gasteiger partial charge in [0, 0.05) is 12.8 Å². The van der Waals surface area contributed by atoms with E-state index in [4.69, 9.17) is 19.6 Å². The van der Waals surface area contributed by atoms with Gasteiger partial charge in [-0.25, -0.2) is 9.78 Å². The van der Waals surface area contributed by atoms with Gasteiger partial charge in [0.1, 0.15) is 0 Å². The molecule has 0 spiro atoms. The lowest BCUT2D eigenvalue weighted by molar-refractivity contribution is -0.547. The van der Waals surface area contributed by atoms with Crippen LogP contribution in [-0.4, -0.2) is 17.0 Å². The Hall–Kier alpha value is -0.160. The molecule has 0 rings (SSSR count). The Labute approximate surface area is 175 Å². The van der Waals surface area contributed by atoms with Crippen molar-refractivity contribution >= 4 is 0 Å². The zero-order valence-electron chi connectivity index (χ0n) is 21.1. The molecule has 0 saturated heterocycles. The summed E-state index contributed by atoms with van der Waals surface area (Å²) >= 11 is 0. The highest BCUT2D eigenvalue weighted by molar-refractivity contribution is 4.78. The van der Waals surface area contributed by atoms with Crippen LogP contribution >= 0.6 is 0 Å². The standard InChI is InChI=1S/C24H50O4/c1-13-15-17-24(16-14-2,27-25-22(9,10)18-20(3,4)5)28-26-23(11,12)19-21(6,7)8/h13-19H2,1-12H3. The van der Waals surface area contributed by atoms with Crippen LogP contribution in [-0.2, 0) is 19.6 Å². The molecule has 28 heavy (non-hydrogen) atoms. The van der Waals surface area contributed by atoms with Gasteiger partial charge in [0.15, 0.2) is 0 Å². The second-order valence-electron chi connectivity index (χ2n) is 12.1. The van der Waals surface area contributed by atoms with Crippen molar-refractivity contribution < 1.29 is 19.6 Å². The molecule has 0 aliphatic rings. The van der Waals surface area contributed by atoms with Crippen molar-refractivity contribution in [3.8, 4) is 0 Å². The van der Waals surface area contributed by atoms with E-state index >= 15 is 0 Å². The predicted molar refractivity (Wildman–Crippen MR) is 118 cm³/mol. The Morgan fingerprint density at radius 2 is 0.893 bits per heavy atom. The zero-order valence-corrected chi connectivity index (χ0v) is 21.1. The van der Waals surface area contributed by atoms with Crippen LogP contribution in [0.25, 0.3) is 0 Å². The molecular formula is C24H50O4. The predicted octanol–water partition coefficient (Wildman–Crippen LogP) is 8.00. The number of rotatable bonds is 13. The van der Waals surface area contributed by atoms with Crippen molar-refractivity contribution in [3.63, 3.8) is 0 Å². The van der Waals surface area contributed by atoms with Crippen LogP contribution in [0.4, 0.5) is 0 Å². The fourth-order valence-electron chi connectivity index (χ4n) is 4.12. The molecule has 0 aliphatic heterocycles. The first-order valence-corrected chi connectivity index (χ1v) is 11.2. The van der Waals surface area contributed by atoms with E-state index < -0.39 is 17.0 Å². The summed E-state index contributed by atoms with van der Waals surface area (Å²) < 4.78 is 0. The SMILES string of the molecule is CCCCC(CCC)(OOC(C)(C)CC(C)(C)C)OOC(C)(C)CC(C)(C)C. The van der Waals surface area contributed by atoms with Gasteiger partial charge in [-0.1, -0.05) is 68.2 Å². The Morgan fingerprint density at radius 3 is 1.18 bits per heavy atom. The van der Waals surface area contributed by atoms with Crippen LogP contribution in [0, 0.1) is 10.8 Å². The highest BCUT2D eigenvalue weighted by atomic mass is 17.3. The van der Waals surface area contributed by atoms with Crippen LogP contribution < -0.4 is 0 Å². The molecule has 0 aromatic heterocycles. The Balaban J connectivity index is 5.30. The van der Waals surface area contributed by atoms with E-state index in [2.05, 4.69) is 83.1 Å². The second kappa shape index (κ2) is 10.7. The lowest BCUT2D eigenvalue weighted by Gasteiger charge is -2.39. The van der Waals surface area contributed by atoms with Gasteiger partial charge in [-0.15, -0.1) is 0 Å². The first kappa shape index (κ1) is 27.8. The monoisotopic (exact) mass is 402 g/mol. The molecule has 0 unspecified atom stereocenters. The molecule has 0 heterocycles. The van der Waals surface area contributed by atoms with E-state index in [1.165, 1.54) is 0 Å². The fourth-order valence-corrected chi connectivity index (χ4v) is 4.12. The number of hydrogen-bond donors (Lipinski definition) is 0. The fraction of sp³-hybridized carbons (Fsp3) is 1.00. The zero-order chi connectivity index (χ0) is 22.3. The molecule has 0 N–H and O–H groups in total. The van der Waals surface area contributed by atoms with Crippen molar-refractivity contribution in [3.05, 3.63) is 0 Å². The summed E-state index contributed by atoms with van der Waals surface area (Å²) in [6.07, 6.45) is 6.22. The number of hydrogen-bond acceptors (Lipinski definition) is 4. The Kier molecular flexibility index (Phi) is 10.7. The minimum absolute atomic E-state index is 0.149. The smallest absolute Gasteiger partial charge is 0.228 e. The van der Waals surface area contributed by atoms with Gasteiger partial charge in [0.2, 0.25) is 5.79 Å². The van der Waals surface area contributed by atoms with E-state index in [9.17, 15) is 0 Å². The summed E-state index contributed by atoms with van der Waals surface area (Å²) in [6, 6.07) is 0. The van der Waals surface area contributed by atoms with Gasteiger partial charge in [0.25, 0.3) is 0 Å². The van der Waals surface area contributed by atoms with Gasteiger partial charge in [0.05, 0.1) is 11.2 Å². The van der Waals surface area contributed by atoms with Gasteiger partial charge in [-0.3, -0.25) is 0 Å². The first-order chi connectivity index (χ1) is 12.4. The molecule has 0 aromatic rings. The molecule has 0 fully saturated rings. The normalized spacial score (nSPS) is 14.6. The van der Waals surface area contributed by atoms with Gasteiger partial charge in [-0.05, 0) is 57.8 Å². The van der Waals surface area contributed by atoms with E-state index in [0.717, 1.165) is 44.9 Å². The average molecular weight is 403 g/mol. The third kappa shape index (κ3) is 13.1. The van der Waals surface area contributed by atoms with Crippen LogP contribution in [0.5, 0.6) is 0 Å². The van der Waals surface area contributed by atoms with Gasteiger partial charge >= 0.3 is 0 Å². The third-order valence-corrected chi connectivity index (χ3v) is 4.29. The van der Waals surface area contributed by atoms with Gasteiger partial charge < -0.3 is 0 Å². The van der Waals surface area contributed by atoms with Crippen molar-refractivity contribution in [1.82, 2.24) is 0 Å². The van der Waals surface area contributed by atoms with E-state index in [1.807, 2.05) is 0 Å². The first-order valence-electron chi connectivity index (χ1n) is 11.2. The molecule has 0 bridgehead atoms. The molecular weight excluding hydrogens is 352 g/mol. The number of unbranched alkanes of at least 4 members (excludes halogenated alkanes) is 1. The molecule has 0 saturated carbocycles. The molecule has 0 aliphatic carbocycles. The summed E-state index contributed by atoms with van der Waals surface area (Å²) in [4.78, 5) is 24.1. The summed E-state index contributed by atoms with van der Waals surface area (Å²) in [5, 5.41) is 0. The summed E-state index contributed by atoms with van der Waals surface area (Å²) in [6.45, 7) is 25.8. The van der Waals surface area contributed by atoms with Gasteiger partial charge in [-0.2, -0.15) is 9.78 Å². The maximum Gasteiger partial charge on any atom is 0.234 e. The van der Waals surface area contributed by atoms with E-state index in [-0.39, 0.29) is 10.8 Å². The maximum atomic E-state index is 6.06. The quantitative estimate of drug-likeness (QED) is 0.178. The van der Waals surface area contributed by atoms with E-state index in [1.54, 1.807) is 0 Å². The molecule has 0 amide bonds. The lowest BCUT2D eigenvalue weighted by atomic mass is 9.84. The molecule has 0 radical (unpaired) electrons. The highest BCUT2D eigenvalue weighted by Crippen LogP contribution is 2.36. The maximum absolute atomic E-state index is 6.06. The highest BCUT2D eigenvalue weighted by Gasteiger charge is 2.40. The molecule has 0 atom stereocenters. The minimum Gasteiger partial charge on any atom is -0.228 e. The van der Waals surface area contributed by atoms with Crippen molar-refractivity contribution in [2.45, 2.75) is 145 Å². The summed E-state index contributed by atoms with van der Waals surface area (Å²) in [5.74, 6) is -0.880. The van der Waals surface area contributed by atoms with Crippen LogP contribution in [0.2, 0.25) is 0 Å². The third-order valence-electron chi connectivity index (χ3n) is 4.29. The summed E-state index contributed by atoms with van der Waals surface area (Å²) in [5.41, 5.74) is -0.521. The molecule has 170 valence electrons. The largest absolute Gasteiger partial charge is 0.234 e. The summed E-state index contributed by atoms with van der Waals surface area (Å²) in [7, 11) is 0.